The van der Waals surface area contributed by atoms with E-state index in [1.165, 1.54) is 19.0 Å². The Morgan fingerprint density at radius 2 is 2.00 bits per heavy atom. The Kier molecular flexibility index (Phi) is 3.79. The highest BCUT2D eigenvalue weighted by Crippen LogP contribution is 1.79. The molecule has 0 fully saturated rings. The van der Waals surface area contributed by atoms with Gasteiger partial charge in [0, 0.05) is 14.1 Å². The van der Waals surface area contributed by atoms with Crippen LogP contribution >= 0.6 is 11.6 Å². The molecule has 0 rings (SSSR count). The number of nitrogens with zero attached hydrogens (tertiary/aromatic N) is 1. The summed E-state index contributed by atoms with van der Waals surface area (Å²) in [6.45, 7) is 0. The van der Waals surface area contributed by atoms with Gasteiger partial charge in [-0.25, -0.2) is 4.79 Å². The molecular formula is C5H9ClN2O2. The van der Waals surface area contributed by atoms with Crippen molar-refractivity contribution in [2.75, 3.05) is 20.0 Å². The lowest BCUT2D eigenvalue weighted by Gasteiger charge is -2.09. The van der Waals surface area contributed by atoms with Gasteiger partial charge in [0.15, 0.2) is 0 Å². The lowest BCUT2D eigenvalue weighted by Crippen LogP contribution is -2.39. The summed E-state index contributed by atoms with van der Waals surface area (Å²) in [5.41, 5.74) is 0. The Balaban J connectivity index is 3.69. The van der Waals surface area contributed by atoms with Gasteiger partial charge < -0.3 is 4.90 Å². The number of alkyl halides is 1. The van der Waals surface area contributed by atoms with E-state index in [0.29, 0.717) is 0 Å². The summed E-state index contributed by atoms with van der Waals surface area (Å²) in [7, 11) is 3.08. The van der Waals surface area contributed by atoms with E-state index >= 15 is 0 Å². The van der Waals surface area contributed by atoms with E-state index < -0.39 is 11.9 Å². The first-order chi connectivity index (χ1) is 4.57. The molecule has 0 bridgehead atoms. The second-order valence-electron chi connectivity index (χ2n) is 1.88. The average molecular weight is 165 g/mol. The zero-order valence-electron chi connectivity index (χ0n) is 5.85. The number of hydrogen-bond acceptors (Lipinski definition) is 2. The number of rotatable bonds is 1. The van der Waals surface area contributed by atoms with Crippen LogP contribution in [0.4, 0.5) is 4.79 Å². The SMILES string of the molecule is CN(C)C(=O)NC(=O)CCl. The van der Waals surface area contributed by atoms with Gasteiger partial charge in [0.1, 0.15) is 5.88 Å². The van der Waals surface area contributed by atoms with Gasteiger partial charge in [-0.2, -0.15) is 0 Å². The second kappa shape index (κ2) is 4.11. The summed E-state index contributed by atoms with van der Waals surface area (Å²) in [5.74, 6) is -0.681. The van der Waals surface area contributed by atoms with Crippen LogP contribution in [0.3, 0.4) is 0 Å². The molecule has 0 saturated carbocycles. The van der Waals surface area contributed by atoms with E-state index in [1.54, 1.807) is 0 Å². The van der Waals surface area contributed by atoms with Crippen LogP contribution < -0.4 is 5.32 Å². The summed E-state index contributed by atoms with van der Waals surface area (Å²) in [4.78, 5) is 22.3. The Hall–Kier alpha value is -0.770. The maximum absolute atomic E-state index is 10.6. The lowest BCUT2D eigenvalue weighted by molar-refractivity contribution is -0.117. The highest BCUT2D eigenvalue weighted by atomic mass is 35.5. The van der Waals surface area contributed by atoms with Crippen LogP contribution in [0.25, 0.3) is 0 Å². The molecule has 0 unspecified atom stereocenters. The summed E-state index contributed by atoms with van der Waals surface area (Å²) >= 11 is 5.12. The fraction of sp³-hybridized carbons (Fsp3) is 0.600. The number of hydrogen-bond donors (Lipinski definition) is 1. The van der Waals surface area contributed by atoms with Crippen LogP contribution in [0.15, 0.2) is 0 Å². The summed E-state index contributed by atoms with van der Waals surface area (Å²) in [6.07, 6.45) is 0. The molecule has 0 aromatic heterocycles. The number of nitrogens with one attached hydrogen (secondary N) is 1. The minimum atomic E-state index is -0.486. The minimum Gasteiger partial charge on any atom is -0.331 e. The molecule has 0 aliphatic heterocycles. The Bertz CT molecular complexity index is 147. The standard InChI is InChI=1S/C5H9ClN2O2/c1-8(2)5(10)7-4(9)3-6/h3H2,1-2H3,(H,7,9,10). The highest BCUT2D eigenvalue weighted by Gasteiger charge is 2.06. The van der Waals surface area contributed by atoms with Crippen molar-refractivity contribution in [3.05, 3.63) is 0 Å². The Morgan fingerprint density at radius 3 is 2.30 bits per heavy atom. The normalized spacial score (nSPS) is 8.70. The molecule has 0 aliphatic carbocycles. The molecule has 10 heavy (non-hydrogen) atoms. The van der Waals surface area contributed by atoms with Crippen molar-refractivity contribution < 1.29 is 9.59 Å². The summed E-state index contributed by atoms with van der Waals surface area (Å²) < 4.78 is 0. The maximum Gasteiger partial charge on any atom is 0.323 e. The van der Waals surface area contributed by atoms with Gasteiger partial charge in [-0.1, -0.05) is 0 Å². The molecule has 1 N–H and O–H groups in total. The van der Waals surface area contributed by atoms with Gasteiger partial charge >= 0.3 is 6.03 Å². The zero-order chi connectivity index (χ0) is 8.15. The van der Waals surface area contributed by atoms with Gasteiger partial charge in [0.25, 0.3) is 0 Å². The molecule has 0 heterocycles. The van der Waals surface area contributed by atoms with Gasteiger partial charge in [-0.05, 0) is 0 Å². The van der Waals surface area contributed by atoms with Crippen molar-refractivity contribution in [3.63, 3.8) is 0 Å². The van der Waals surface area contributed by atoms with Crippen molar-refractivity contribution in [2.45, 2.75) is 0 Å². The van der Waals surface area contributed by atoms with E-state index in [4.69, 9.17) is 11.6 Å². The molecule has 0 saturated heterocycles. The number of halogens is 1. The van der Waals surface area contributed by atoms with E-state index in [0.717, 1.165) is 0 Å². The van der Waals surface area contributed by atoms with E-state index in [-0.39, 0.29) is 5.88 Å². The molecule has 0 radical (unpaired) electrons. The van der Waals surface area contributed by atoms with Crippen molar-refractivity contribution in [1.82, 2.24) is 10.2 Å². The van der Waals surface area contributed by atoms with Crippen LogP contribution in [0, 0.1) is 0 Å². The van der Waals surface area contributed by atoms with Crippen molar-refractivity contribution >= 4 is 23.5 Å². The lowest BCUT2D eigenvalue weighted by atomic mass is 10.7. The third-order valence-corrected chi connectivity index (χ3v) is 1.02. The molecule has 0 aliphatic rings. The highest BCUT2D eigenvalue weighted by molar-refractivity contribution is 6.28. The predicted octanol–water partition coefficient (Wildman–Crippen LogP) is 0.0230. The fourth-order valence-electron chi connectivity index (χ4n) is 0.264. The fourth-order valence-corrected chi connectivity index (χ4v) is 0.331. The van der Waals surface area contributed by atoms with Crippen LogP contribution in [0.2, 0.25) is 0 Å². The third kappa shape index (κ3) is 3.29. The predicted molar refractivity (Wildman–Crippen MR) is 37.9 cm³/mol. The molecular weight excluding hydrogens is 156 g/mol. The van der Waals surface area contributed by atoms with Crippen molar-refractivity contribution in [1.29, 1.82) is 0 Å². The first-order valence-corrected chi connectivity index (χ1v) is 3.18. The smallest absolute Gasteiger partial charge is 0.323 e. The van der Waals surface area contributed by atoms with Gasteiger partial charge in [0.2, 0.25) is 5.91 Å². The number of urea groups is 1. The average Bonchev–Trinajstić information content (AvgIpc) is 1.87. The van der Waals surface area contributed by atoms with E-state index in [9.17, 15) is 9.59 Å². The number of carbonyl (C=O) groups excluding carboxylic acids is 2. The van der Waals surface area contributed by atoms with Crippen LogP contribution in [0.5, 0.6) is 0 Å². The van der Waals surface area contributed by atoms with Gasteiger partial charge in [-0.15, -0.1) is 11.6 Å². The first kappa shape index (κ1) is 9.23. The third-order valence-electron chi connectivity index (χ3n) is 0.774. The van der Waals surface area contributed by atoms with Gasteiger partial charge in [0.05, 0.1) is 0 Å². The van der Waals surface area contributed by atoms with Crippen LogP contribution in [0.1, 0.15) is 0 Å². The number of amides is 3. The molecule has 0 spiro atoms. The Morgan fingerprint density at radius 1 is 1.50 bits per heavy atom. The van der Waals surface area contributed by atoms with E-state index in [1.807, 2.05) is 5.32 Å². The number of imide groups is 1. The van der Waals surface area contributed by atoms with Crippen LogP contribution in [-0.2, 0) is 4.79 Å². The topological polar surface area (TPSA) is 49.4 Å². The molecule has 4 nitrogen and oxygen atoms in total. The summed E-state index contributed by atoms with van der Waals surface area (Å²) in [5, 5.41) is 2.05. The van der Waals surface area contributed by atoms with E-state index in [2.05, 4.69) is 0 Å². The van der Waals surface area contributed by atoms with Crippen molar-refractivity contribution in [3.8, 4) is 0 Å². The van der Waals surface area contributed by atoms with Gasteiger partial charge in [-0.3, -0.25) is 10.1 Å². The molecule has 0 aromatic carbocycles. The summed E-state index contributed by atoms with van der Waals surface area (Å²) in [6, 6.07) is -0.453. The molecule has 0 atom stereocenters. The quantitative estimate of drug-likeness (QED) is 0.556. The second-order valence-corrected chi connectivity index (χ2v) is 2.15. The first-order valence-electron chi connectivity index (χ1n) is 2.65. The van der Waals surface area contributed by atoms with Crippen LogP contribution in [-0.4, -0.2) is 36.8 Å². The molecule has 3 amide bonds. The zero-order valence-corrected chi connectivity index (χ0v) is 6.60. The maximum atomic E-state index is 10.6. The molecule has 5 heteroatoms. The number of carbonyl (C=O) groups is 2. The largest absolute Gasteiger partial charge is 0.331 e. The minimum absolute atomic E-state index is 0.195. The molecule has 0 aromatic rings. The monoisotopic (exact) mass is 164 g/mol. The molecule has 58 valence electrons. The van der Waals surface area contributed by atoms with Crippen molar-refractivity contribution in [2.24, 2.45) is 0 Å². The Labute approximate surface area is 64.1 Å².